The minimum absolute atomic E-state index is 0.695. The average molecular weight is 280 g/mol. The molecule has 1 N–H and O–H groups in total. The highest BCUT2D eigenvalue weighted by atomic mass is 15.2. The molecule has 1 aliphatic heterocycles. The van der Waals surface area contributed by atoms with E-state index in [1.807, 2.05) is 0 Å². The molecule has 20 heavy (non-hydrogen) atoms. The van der Waals surface area contributed by atoms with Crippen molar-refractivity contribution in [2.75, 3.05) is 19.6 Å². The third-order valence-electron chi connectivity index (χ3n) is 5.78. The number of piperidine rings is 1. The second-order valence-electron chi connectivity index (χ2n) is 7.20. The molecule has 0 bridgehead atoms. The van der Waals surface area contributed by atoms with E-state index in [0.717, 1.165) is 17.9 Å². The zero-order valence-corrected chi connectivity index (χ0v) is 14.0. The van der Waals surface area contributed by atoms with Crippen molar-refractivity contribution in [1.29, 1.82) is 0 Å². The molecule has 1 aliphatic carbocycles. The van der Waals surface area contributed by atoms with Crippen LogP contribution in [0, 0.1) is 11.8 Å². The molecule has 1 heterocycles. The fourth-order valence-corrected chi connectivity index (χ4v) is 4.27. The lowest BCUT2D eigenvalue weighted by molar-refractivity contribution is 0.0472. The van der Waals surface area contributed by atoms with E-state index in [-0.39, 0.29) is 0 Å². The Kier molecular flexibility index (Phi) is 6.83. The zero-order chi connectivity index (χ0) is 14.4. The summed E-state index contributed by atoms with van der Waals surface area (Å²) < 4.78 is 0. The lowest BCUT2D eigenvalue weighted by Gasteiger charge is -2.46. The van der Waals surface area contributed by atoms with Gasteiger partial charge in [-0.2, -0.15) is 0 Å². The van der Waals surface area contributed by atoms with Crippen LogP contribution in [0.15, 0.2) is 0 Å². The zero-order valence-electron chi connectivity index (χ0n) is 14.0. The minimum Gasteiger partial charge on any atom is -0.312 e. The third kappa shape index (κ3) is 4.21. The molecule has 1 saturated heterocycles. The molecule has 2 rings (SSSR count). The van der Waals surface area contributed by atoms with Gasteiger partial charge in [-0.25, -0.2) is 0 Å². The van der Waals surface area contributed by atoms with Crippen molar-refractivity contribution >= 4 is 0 Å². The van der Waals surface area contributed by atoms with Gasteiger partial charge in [-0.15, -0.1) is 0 Å². The van der Waals surface area contributed by atoms with Gasteiger partial charge in [0.05, 0.1) is 0 Å². The average Bonchev–Trinajstić information content (AvgIpc) is 2.50. The first-order chi connectivity index (χ1) is 9.76. The van der Waals surface area contributed by atoms with E-state index in [1.54, 1.807) is 0 Å². The summed E-state index contributed by atoms with van der Waals surface area (Å²) >= 11 is 0. The predicted octanol–water partition coefficient (Wildman–Crippen LogP) is 4.06. The van der Waals surface area contributed by atoms with E-state index in [1.165, 1.54) is 71.0 Å². The smallest absolute Gasteiger partial charge is 0.0220 e. The Hall–Kier alpha value is -0.0800. The maximum Gasteiger partial charge on any atom is 0.0220 e. The fraction of sp³-hybridized carbons (Fsp3) is 1.00. The molecule has 1 saturated carbocycles. The number of fused-ring (bicyclic) bond motifs is 1. The summed E-state index contributed by atoms with van der Waals surface area (Å²) in [5.41, 5.74) is 0. The minimum atomic E-state index is 0.695. The fourth-order valence-electron chi connectivity index (χ4n) is 4.27. The topological polar surface area (TPSA) is 15.3 Å². The molecule has 0 radical (unpaired) electrons. The van der Waals surface area contributed by atoms with Gasteiger partial charge >= 0.3 is 0 Å². The molecule has 0 aromatic rings. The van der Waals surface area contributed by atoms with Crippen LogP contribution in [-0.2, 0) is 0 Å². The van der Waals surface area contributed by atoms with Gasteiger partial charge in [0.2, 0.25) is 0 Å². The molecule has 2 heteroatoms. The van der Waals surface area contributed by atoms with E-state index < -0.39 is 0 Å². The van der Waals surface area contributed by atoms with Gasteiger partial charge in [0.25, 0.3) is 0 Å². The van der Waals surface area contributed by atoms with Crippen molar-refractivity contribution < 1.29 is 0 Å². The highest BCUT2D eigenvalue weighted by molar-refractivity contribution is 4.90. The maximum atomic E-state index is 3.82. The molecular formula is C18H36N2. The van der Waals surface area contributed by atoms with Crippen molar-refractivity contribution in [3.05, 3.63) is 0 Å². The van der Waals surface area contributed by atoms with Crippen LogP contribution in [0.3, 0.4) is 0 Å². The molecule has 2 nitrogen and oxygen atoms in total. The Morgan fingerprint density at radius 2 is 1.85 bits per heavy atom. The summed E-state index contributed by atoms with van der Waals surface area (Å²) in [7, 11) is 0. The third-order valence-corrected chi connectivity index (χ3v) is 5.78. The molecular weight excluding hydrogens is 244 g/mol. The van der Waals surface area contributed by atoms with Crippen LogP contribution in [-0.4, -0.2) is 36.6 Å². The normalized spacial score (nSPS) is 30.8. The number of nitrogens with one attached hydrogen (secondary N) is 1. The van der Waals surface area contributed by atoms with Gasteiger partial charge in [0.1, 0.15) is 0 Å². The Morgan fingerprint density at radius 1 is 1.10 bits per heavy atom. The van der Waals surface area contributed by atoms with Crippen LogP contribution in [0.1, 0.15) is 72.1 Å². The molecule has 2 fully saturated rings. The molecule has 4 unspecified atom stereocenters. The first-order valence-corrected chi connectivity index (χ1v) is 9.23. The van der Waals surface area contributed by atoms with Gasteiger partial charge in [-0.3, -0.25) is 4.90 Å². The van der Waals surface area contributed by atoms with E-state index in [2.05, 4.69) is 31.0 Å². The standard InChI is InChI=1S/C18H36N2/c1-4-12-19-17(15(3)5-2)14-20-13-8-10-16-9-6-7-11-18(16)20/h15-19H,4-14H2,1-3H3. The summed E-state index contributed by atoms with van der Waals surface area (Å²) in [6.07, 6.45) is 11.4. The molecule has 118 valence electrons. The van der Waals surface area contributed by atoms with E-state index in [9.17, 15) is 0 Å². The molecule has 0 spiro atoms. The summed E-state index contributed by atoms with van der Waals surface area (Å²) in [6, 6.07) is 1.60. The Bertz CT molecular complexity index is 264. The van der Waals surface area contributed by atoms with Gasteiger partial charge in [0.15, 0.2) is 0 Å². The number of likely N-dealkylation sites (tertiary alicyclic amines) is 1. The van der Waals surface area contributed by atoms with Crippen LogP contribution in [0.5, 0.6) is 0 Å². The van der Waals surface area contributed by atoms with Crippen molar-refractivity contribution in [3.63, 3.8) is 0 Å². The molecule has 0 amide bonds. The van der Waals surface area contributed by atoms with Crippen LogP contribution in [0.4, 0.5) is 0 Å². The quantitative estimate of drug-likeness (QED) is 0.756. The Balaban J connectivity index is 1.93. The Morgan fingerprint density at radius 3 is 2.60 bits per heavy atom. The summed E-state index contributed by atoms with van der Waals surface area (Å²) in [5, 5.41) is 3.82. The van der Waals surface area contributed by atoms with Gasteiger partial charge < -0.3 is 5.32 Å². The van der Waals surface area contributed by atoms with Gasteiger partial charge in [-0.1, -0.05) is 40.0 Å². The second kappa shape index (κ2) is 8.38. The number of rotatable bonds is 7. The SMILES string of the molecule is CCCNC(CN1CCCC2CCCCC21)C(C)CC. The monoisotopic (exact) mass is 280 g/mol. The van der Waals surface area contributed by atoms with Crippen molar-refractivity contribution in [2.45, 2.75) is 84.2 Å². The maximum absolute atomic E-state index is 3.82. The summed E-state index contributed by atoms with van der Waals surface area (Å²) in [4.78, 5) is 2.85. The van der Waals surface area contributed by atoms with E-state index >= 15 is 0 Å². The van der Waals surface area contributed by atoms with Gasteiger partial charge in [0, 0.05) is 18.6 Å². The predicted molar refractivity (Wildman–Crippen MR) is 88.1 cm³/mol. The lowest BCUT2D eigenvalue weighted by atomic mass is 9.78. The van der Waals surface area contributed by atoms with Crippen LogP contribution in [0.2, 0.25) is 0 Å². The largest absolute Gasteiger partial charge is 0.312 e. The van der Waals surface area contributed by atoms with Crippen LogP contribution in [0.25, 0.3) is 0 Å². The molecule has 2 aliphatic rings. The first kappa shape index (κ1) is 16.3. The number of hydrogen-bond acceptors (Lipinski definition) is 2. The molecule has 0 aromatic carbocycles. The number of nitrogens with zero attached hydrogens (tertiary/aromatic N) is 1. The molecule has 4 atom stereocenters. The lowest BCUT2D eigenvalue weighted by Crippen LogP contribution is -2.53. The highest BCUT2D eigenvalue weighted by Gasteiger charge is 2.34. The van der Waals surface area contributed by atoms with E-state index in [0.29, 0.717) is 6.04 Å². The molecule has 0 aromatic heterocycles. The van der Waals surface area contributed by atoms with Crippen molar-refractivity contribution in [2.24, 2.45) is 11.8 Å². The first-order valence-electron chi connectivity index (χ1n) is 9.23. The van der Waals surface area contributed by atoms with Crippen molar-refractivity contribution in [3.8, 4) is 0 Å². The van der Waals surface area contributed by atoms with Gasteiger partial charge in [-0.05, 0) is 57.0 Å². The Labute approximate surface area is 126 Å². The second-order valence-corrected chi connectivity index (χ2v) is 7.20. The van der Waals surface area contributed by atoms with Crippen LogP contribution < -0.4 is 5.32 Å². The van der Waals surface area contributed by atoms with E-state index in [4.69, 9.17) is 0 Å². The highest BCUT2D eigenvalue weighted by Crippen LogP contribution is 2.35. The summed E-state index contributed by atoms with van der Waals surface area (Å²) in [6.45, 7) is 10.9. The van der Waals surface area contributed by atoms with Crippen LogP contribution >= 0.6 is 0 Å². The number of hydrogen-bond donors (Lipinski definition) is 1. The van der Waals surface area contributed by atoms with Crippen molar-refractivity contribution in [1.82, 2.24) is 10.2 Å². The summed E-state index contributed by atoms with van der Waals surface area (Å²) in [5.74, 6) is 1.81.